The van der Waals surface area contributed by atoms with Crippen molar-refractivity contribution in [1.29, 1.82) is 0 Å². The van der Waals surface area contributed by atoms with Crippen molar-refractivity contribution in [2.24, 2.45) is 0 Å². The van der Waals surface area contributed by atoms with Gasteiger partial charge >= 0.3 is 0 Å². The number of ether oxygens (including phenoxy) is 1. The van der Waals surface area contributed by atoms with Gasteiger partial charge in [-0.25, -0.2) is 4.98 Å². The van der Waals surface area contributed by atoms with Crippen molar-refractivity contribution in [2.75, 3.05) is 12.0 Å². The van der Waals surface area contributed by atoms with Crippen LogP contribution in [0.4, 0.5) is 5.13 Å². The molecule has 0 saturated heterocycles. The number of thiazole rings is 1. The summed E-state index contributed by atoms with van der Waals surface area (Å²) in [6, 6.07) is 15.7. The van der Waals surface area contributed by atoms with Crippen LogP contribution in [-0.2, 0) is 19.5 Å². The highest BCUT2D eigenvalue weighted by Gasteiger charge is 2.29. The fourth-order valence-corrected chi connectivity index (χ4v) is 4.50. The van der Waals surface area contributed by atoms with Gasteiger partial charge in [0.1, 0.15) is 11.6 Å². The fraction of sp³-hybridized carbons (Fsp3) is 0.238. The van der Waals surface area contributed by atoms with Gasteiger partial charge in [0.05, 0.1) is 23.9 Å². The van der Waals surface area contributed by atoms with Crippen LogP contribution < -0.4 is 9.64 Å². The molecule has 8 heteroatoms. The summed E-state index contributed by atoms with van der Waals surface area (Å²) in [6.07, 6.45) is 1.85. The van der Waals surface area contributed by atoms with Crippen LogP contribution in [0.3, 0.4) is 0 Å². The van der Waals surface area contributed by atoms with Gasteiger partial charge in [0, 0.05) is 19.0 Å². The molecule has 0 fully saturated rings. The Kier molecular flexibility index (Phi) is 4.48. The summed E-state index contributed by atoms with van der Waals surface area (Å²) in [5, 5.41) is 9.02. The summed E-state index contributed by atoms with van der Waals surface area (Å²) in [5.74, 6) is 1.82. The molecule has 7 nitrogen and oxygen atoms in total. The maximum atomic E-state index is 13.5. The fourth-order valence-electron chi connectivity index (χ4n) is 3.56. The molecular formula is C21H19N5O2S. The SMILES string of the molecule is COc1ccc2sc(N(Cc3ccccc3)C(=O)c3nnc4n3CCC4)nc2c1. The Balaban J connectivity index is 1.57. The highest BCUT2D eigenvalue weighted by atomic mass is 32.1. The standard InChI is InChI=1S/C21H19N5O2S/c1-28-15-9-10-17-16(12-15)22-21(29-17)26(13-14-6-3-2-4-7-14)20(27)19-24-23-18-8-5-11-25(18)19/h2-4,6-7,9-10,12H,5,8,11,13H2,1H3. The maximum Gasteiger partial charge on any atom is 0.298 e. The normalized spacial score (nSPS) is 12.9. The lowest BCUT2D eigenvalue weighted by Gasteiger charge is -2.19. The summed E-state index contributed by atoms with van der Waals surface area (Å²) in [4.78, 5) is 19.9. The van der Waals surface area contributed by atoms with E-state index in [1.807, 2.05) is 53.1 Å². The van der Waals surface area contributed by atoms with E-state index in [0.717, 1.165) is 46.7 Å². The van der Waals surface area contributed by atoms with Crippen LogP contribution in [0.2, 0.25) is 0 Å². The van der Waals surface area contributed by atoms with Gasteiger partial charge < -0.3 is 9.30 Å². The summed E-state index contributed by atoms with van der Waals surface area (Å²) < 4.78 is 8.23. The molecule has 0 aliphatic carbocycles. The van der Waals surface area contributed by atoms with Gasteiger partial charge in [-0.05, 0) is 24.1 Å². The number of hydrogen-bond donors (Lipinski definition) is 0. The molecule has 146 valence electrons. The van der Waals surface area contributed by atoms with E-state index in [9.17, 15) is 4.79 Å². The van der Waals surface area contributed by atoms with Crippen LogP contribution in [-0.4, -0.2) is 32.8 Å². The first-order valence-electron chi connectivity index (χ1n) is 9.45. The van der Waals surface area contributed by atoms with Crippen LogP contribution in [0.25, 0.3) is 10.2 Å². The number of amides is 1. The molecule has 0 atom stereocenters. The highest BCUT2D eigenvalue weighted by molar-refractivity contribution is 7.22. The summed E-state index contributed by atoms with van der Waals surface area (Å²) in [6.45, 7) is 1.19. The van der Waals surface area contributed by atoms with Crippen LogP contribution >= 0.6 is 11.3 Å². The number of anilines is 1. The Morgan fingerprint density at radius 1 is 1.21 bits per heavy atom. The Morgan fingerprint density at radius 3 is 2.90 bits per heavy atom. The number of methoxy groups -OCH3 is 1. The molecule has 4 aromatic rings. The van der Waals surface area contributed by atoms with E-state index >= 15 is 0 Å². The van der Waals surface area contributed by atoms with Gasteiger partial charge in [0.2, 0.25) is 5.82 Å². The average molecular weight is 405 g/mol. The number of nitrogens with zero attached hydrogens (tertiary/aromatic N) is 5. The molecule has 2 aromatic heterocycles. The number of aromatic nitrogens is 4. The highest BCUT2D eigenvalue weighted by Crippen LogP contribution is 2.33. The zero-order chi connectivity index (χ0) is 19.8. The van der Waals surface area contributed by atoms with Gasteiger partial charge in [-0.2, -0.15) is 0 Å². The van der Waals surface area contributed by atoms with E-state index in [2.05, 4.69) is 10.2 Å². The Bertz CT molecular complexity index is 1180. The summed E-state index contributed by atoms with van der Waals surface area (Å²) >= 11 is 1.48. The number of benzene rings is 2. The van der Waals surface area contributed by atoms with Crippen molar-refractivity contribution >= 4 is 32.6 Å². The second-order valence-corrected chi connectivity index (χ2v) is 7.91. The number of carbonyl (C=O) groups is 1. The molecule has 1 aliphatic rings. The number of carbonyl (C=O) groups excluding carboxylic acids is 1. The van der Waals surface area contributed by atoms with Crippen LogP contribution in [0, 0.1) is 0 Å². The van der Waals surface area contributed by atoms with E-state index in [4.69, 9.17) is 9.72 Å². The van der Waals surface area contributed by atoms with Crippen molar-refractivity contribution in [3.05, 3.63) is 65.7 Å². The smallest absolute Gasteiger partial charge is 0.298 e. The lowest BCUT2D eigenvalue weighted by atomic mass is 10.2. The molecule has 29 heavy (non-hydrogen) atoms. The third kappa shape index (κ3) is 3.25. The number of rotatable bonds is 5. The maximum absolute atomic E-state index is 13.5. The van der Waals surface area contributed by atoms with Gasteiger partial charge in [-0.15, -0.1) is 10.2 Å². The van der Waals surface area contributed by atoms with E-state index in [0.29, 0.717) is 17.5 Å². The Morgan fingerprint density at radius 2 is 2.07 bits per heavy atom. The largest absolute Gasteiger partial charge is 0.497 e. The zero-order valence-electron chi connectivity index (χ0n) is 15.9. The van der Waals surface area contributed by atoms with E-state index < -0.39 is 0 Å². The lowest BCUT2D eigenvalue weighted by Crippen LogP contribution is -2.32. The Labute approximate surface area is 171 Å². The lowest BCUT2D eigenvalue weighted by molar-refractivity contribution is 0.0970. The first-order chi connectivity index (χ1) is 14.2. The van der Waals surface area contributed by atoms with Gasteiger partial charge in [0.15, 0.2) is 5.13 Å². The van der Waals surface area contributed by atoms with Crippen molar-refractivity contribution < 1.29 is 9.53 Å². The van der Waals surface area contributed by atoms with Crippen LogP contribution in [0.15, 0.2) is 48.5 Å². The topological polar surface area (TPSA) is 73.1 Å². The molecule has 0 bridgehead atoms. The van der Waals surface area contributed by atoms with Crippen molar-refractivity contribution in [2.45, 2.75) is 25.9 Å². The molecule has 2 aromatic carbocycles. The van der Waals surface area contributed by atoms with E-state index in [1.54, 1.807) is 12.0 Å². The average Bonchev–Trinajstić information content (AvgIpc) is 3.46. The molecular weight excluding hydrogens is 386 g/mol. The predicted molar refractivity (Wildman–Crippen MR) is 111 cm³/mol. The van der Waals surface area contributed by atoms with Gasteiger partial charge in [-0.3, -0.25) is 9.69 Å². The molecule has 0 spiro atoms. The monoisotopic (exact) mass is 405 g/mol. The quantitative estimate of drug-likeness (QED) is 0.506. The number of fused-ring (bicyclic) bond motifs is 2. The van der Waals surface area contributed by atoms with Crippen LogP contribution in [0.5, 0.6) is 5.75 Å². The molecule has 0 unspecified atom stereocenters. The molecule has 0 radical (unpaired) electrons. The minimum Gasteiger partial charge on any atom is -0.497 e. The summed E-state index contributed by atoms with van der Waals surface area (Å²) in [5.41, 5.74) is 1.83. The Hall–Kier alpha value is -3.26. The van der Waals surface area contributed by atoms with Crippen LogP contribution in [0.1, 0.15) is 28.4 Å². The third-order valence-corrected chi connectivity index (χ3v) is 6.10. The molecule has 0 saturated carbocycles. The van der Waals surface area contributed by atoms with Gasteiger partial charge in [-0.1, -0.05) is 41.7 Å². The number of aryl methyl sites for hydroxylation is 1. The molecule has 1 amide bonds. The summed E-state index contributed by atoms with van der Waals surface area (Å²) in [7, 11) is 1.63. The minimum atomic E-state index is -0.180. The van der Waals surface area contributed by atoms with E-state index in [1.165, 1.54) is 11.3 Å². The molecule has 0 N–H and O–H groups in total. The third-order valence-electron chi connectivity index (χ3n) is 5.04. The molecule has 5 rings (SSSR count). The number of hydrogen-bond acceptors (Lipinski definition) is 6. The second-order valence-electron chi connectivity index (χ2n) is 6.90. The molecule has 1 aliphatic heterocycles. The van der Waals surface area contributed by atoms with Crippen molar-refractivity contribution in [1.82, 2.24) is 19.7 Å². The zero-order valence-corrected chi connectivity index (χ0v) is 16.7. The predicted octanol–water partition coefficient (Wildman–Crippen LogP) is 3.69. The van der Waals surface area contributed by atoms with E-state index in [-0.39, 0.29) is 5.91 Å². The van der Waals surface area contributed by atoms with Gasteiger partial charge in [0.25, 0.3) is 5.91 Å². The van der Waals surface area contributed by atoms with Crippen molar-refractivity contribution in [3.8, 4) is 5.75 Å². The van der Waals surface area contributed by atoms with Crippen molar-refractivity contribution in [3.63, 3.8) is 0 Å². The first-order valence-corrected chi connectivity index (χ1v) is 10.3. The first kappa shape index (κ1) is 17.8. The molecule has 3 heterocycles. The second kappa shape index (κ2) is 7.29. The minimum absolute atomic E-state index is 0.180.